The number of rotatable bonds is 4. The molecule has 0 amide bonds. The fourth-order valence-corrected chi connectivity index (χ4v) is 2.91. The van der Waals surface area contributed by atoms with Crippen molar-refractivity contribution in [3.05, 3.63) is 68.8 Å². The van der Waals surface area contributed by atoms with Crippen molar-refractivity contribution in [1.82, 2.24) is 4.98 Å². The van der Waals surface area contributed by atoms with E-state index in [1.807, 2.05) is 0 Å². The Morgan fingerprint density at radius 1 is 1.26 bits per heavy atom. The predicted molar refractivity (Wildman–Crippen MR) is 88.9 cm³/mol. The van der Waals surface area contributed by atoms with Gasteiger partial charge in [0.25, 0.3) is 5.69 Å². The number of anilines is 2. The van der Waals surface area contributed by atoms with Crippen LogP contribution in [0, 0.1) is 15.9 Å². The van der Waals surface area contributed by atoms with Crippen LogP contribution in [0.2, 0.25) is 5.02 Å². The molecule has 1 heterocycles. The highest BCUT2D eigenvalue weighted by atomic mass is 35.5. The number of nitrogens with zero attached hydrogens (tertiary/aromatic N) is 2. The molecule has 23 heavy (non-hydrogen) atoms. The first-order chi connectivity index (χ1) is 11.0. The van der Waals surface area contributed by atoms with E-state index in [-0.39, 0.29) is 10.7 Å². The molecule has 1 N–H and O–H groups in total. The maximum atomic E-state index is 13.1. The lowest BCUT2D eigenvalue weighted by atomic mass is 10.1. The Labute approximate surface area is 139 Å². The summed E-state index contributed by atoms with van der Waals surface area (Å²) >= 11 is 7.02. The maximum absolute atomic E-state index is 13.1. The molecule has 0 aliphatic carbocycles. The number of nitro benzene ring substituents is 1. The molecule has 3 rings (SSSR count). The Morgan fingerprint density at radius 3 is 2.78 bits per heavy atom. The standard InChI is InChI=1S/C15H9ClFN3O2S/c16-11-7-9(5-6-12(11)17)18-15-19-13(8-23-15)10-3-1-2-4-14(10)20(21)22/h1-8H,(H,18,19). The highest BCUT2D eigenvalue weighted by Crippen LogP contribution is 2.33. The lowest BCUT2D eigenvalue weighted by Gasteiger charge is -2.03. The zero-order valence-electron chi connectivity index (χ0n) is 11.5. The molecule has 0 radical (unpaired) electrons. The summed E-state index contributed by atoms with van der Waals surface area (Å²) in [5.74, 6) is -0.503. The van der Waals surface area contributed by atoms with E-state index >= 15 is 0 Å². The molecular weight excluding hydrogens is 341 g/mol. The Kier molecular flexibility index (Phi) is 4.22. The minimum Gasteiger partial charge on any atom is -0.331 e. The van der Waals surface area contributed by atoms with Crippen molar-refractivity contribution < 1.29 is 9.31 Å². The van der Waals surface area contributed by atoms with Gasteiger partial charge < -0.3 is 5.32 Å². The summed E-state index contributed by atoms with van der Waals surface area (Å²) in [4.78, 5) is 15.0. The van der Waals surface area contributed by atoms with Gasteiger partial charge in [0.1, 0.15) is 5.82 Å². The van der Waals surface area contributed by atoms with E-state index in [0.717, 1.165) is 0 Å². The predicted octanol–water partition coefficient (Wildman–Crippen LogP) is 5.25. The number of hydrogen-bond donors (Lipinski definition) is 1. The lowest BCUT2D eigenvalue weighted by molar-refractivity contribution is -0.384. The molecule has 2 aromatic carbocycles. The average molecular weight is 350 g/mol. The summed E-state index contributed by atoms with van der Waals surface area (Å²) in [6.45, 7) is 0. The minimum absolute atomic E-state index is 0.00507. The molecule has 0 unspecified atom stereocenters. The topological polar surface area (TPSA) is 68.1 Å². The van der Waals surface area contributed by atoms with Gasteiger partial charge >= 0.3 is 0 Å². The van der Waals surface area contributed by atoms with E-state index in [1.54, 1.807) is 23.6 Å². The van der Waals surface area contributed by atoms with E-state index in [9.17, 15) is 14.5 Å². The van der Waals surface area contributed by atoms with Gasteiger partial charge in [0, 0.05) is 17.1 Å². The van der Waals surface area contributed by atoms with E-state index in [2.05, 4.69) is 10.3 Å². The number of thiazole rings is 1. The Bertz CT molecular complexity index is 885. The third kappa shape index (κ3) is 3.30. The summed E-state index contributed by atoms with van der Waals surface area (Å²) in [6.07, 6.45) is 0. The Balaban J connectivity index is 1.89. The summed E-state index contributed by atoms with van der Waals surface area (Å²) in [7, 11) is 0. The van der Waals surface area contributed by atoms with Crippen LogP contribution in [0.25, 0.3) is 11.3 Å². The van der Waals surface area contributed by atoms with Gasteiger partial charge in [-0.1, -0.05) is 23.7 Å². The van der Waals surface area contributed by atoms with Crippen molar-refractivity contribution >= 4 is 39.4 Å². The van der Waals surface area contributed by atoms with Crippen molar-refractivity contribution in [2.24, 2.45) is 0 Å². The van der Waals surface area contributed by atoms with Crippen molar-refractivity contribution in [2.75, 3.05) is 5.32 Å². The molecule has 0 aliphatic heterocycles. The van der Waals surface area contributed by atoms with Crippen LogP contribution in [0.5, 0.6) is 0 Å². The van der Waals surface area contributed by atoms with Crippen LogP contribution >= 0.6 is 22.9 Å². The van der Waals surface area contributed by atoms with Gasteiger partial charge in [0.15, 0.2) is 5.13 Å². The second-order valence-corrected chi connectivity index (χ2v) is 5.83. The highest BCUT2D eigenvalue weighted by molar-refractivity contribution is 7.14. The lowest BCUT2D eigenvalue weighted by Crippen LogP contribution is -1.93. The SMILES string of the molecule is O=[N+]([O-])c1ccccc1-c1csc(Nc2ccc(F)c(Cl)c2)n1. The number of aromatic nitrogens is 1. The smallest absolute Gasteiger partial charge is 0.278 e. The number of para-hydroxylation sites is 1. The normalized spacial score (nSPS) is 10.5. The van der Waals surface area contributed by atoms with Gasteiger partial charge in [-0.2, -0.15) is 0 Å². The average Bonchev–Trinajstić information content (AvgIpc) is 2.99. The summed E-state index contributed by atoms with van der Waals surface area (Å²) in [5.41, 5.74) is 1.52. The minimum atomic E-state index is -0.503. The van der Waals surface area contributed by atoms with E-state index in [4.69, 9.17) is 11.6 Å². The number of nitro groups is 1. The monoisotopic (exact) mass is 349 g/mol. The molecule has 0 saturated carbocycles. The zero-order chi connectivity index (χ0) is 16.4. The Hall–Kier alpha value is -2.51. The van der Waals surface area contributed by atoms with Gasteiger partial charge in [0.05, 0.1) is 21.2 Å². The largest absolute Gasteiger partial charge is 0.331 e. The molecule has 5 nitrogen and oxygen atoms in total. The van der Waals surface area contributed by atoms with Crippen LogP contribution in [0.3, 0.4) is 0 Å². The molecule has 1 aromatic heterocycles. The second kappa shape index (κ2) is 6.31. The van der Waals surface area contributed by atoms with Crippen LogP contribution in [-0.2, 0) is 0 Å². The highest BCUT2D eigenvalue weighted by Gasteiger charge is 2.16. The quantitative estimate of drug-likeness (QED) is 0.515. The van der Waals surface area contributed by atoms with Gasteiger partial charge in [-0.05, 0) is 24.3 Å². The summed E-state index contributed by atoms with van der Waals surface area (Å²) in [6, 6.07) is 10.6. The fraction of sp³-hybridized carbons (Fsp3) is 0. The van der Waals surface area contributed by atoms with Crippen molar-refractivity contribution in [3.63, 3.8) is 0 Å². The zero-order valence-corrected chi connectivity index (χ0v) is 13.1. The first-order valence-electron chi connectivity index (χ1n) is 6.46. The molecule has 0 saturated heterocycles. The van der Waals surface area contributed by atoms with Gasteiger partial charge in [-0.15, -0.1) is 11.3 Å². The number of halogens is 2. The van der Waals surface area contributed by atoms with Crippen LogP contribution in [0.4, 0.5) is 20.9 Å². The summed E-state index contributed by atoms with van der Waals surface area (Å²) < 4.78 is 13.1. The van der Waals surface area contributed by atoms with Crippen molar-refractivity contribution in [3.8, 4) is 11.3 Å². The van der Waals surface area contributed by atoms with Crippen molar-refractivity contribution in [2.45, 2.75) is 0 Å². The molecule has 8 heteroatoms. The molecule has 0 aliphatic rings. The van der Waals surface area contributed by atoms with Crippen LogP contribution in [0.15, 0.2) is 47.8 Å². The van der Waals surface area contributed by atoms with Gasteiger partial charge in [-0.25, -0.2) is 9.37 Å². The van der Waals surface area contributed by atoms with E-state index < -0.39 is 10.7 Å². The molecule has 0 spiro atoms. The van der Waals surface area contributed by atoms with E-state index in [1.165, 1.54) is 35.6 Å². The first kappa shape index (κ1) is 15.4. The first-order valence-corrected chi connectivity index (χ1v) is 7.72. The van der Waals surface area contributed by atoms with Crippen LogP contribution in [0.1, 0.15) is 0 Å². The molecule has 0 bridgehead atoms. The molecular formula is C15H9ClFN3O2S. The Morgan fingerprint density at radius 2 is 2.04 bits per heavy atom. The fourth-order valence-electron chi connectivity index (χ4n) is 2.00. The molecule has 0 fully saturated rings. The number of hydrogen-bond acceptors (Lipinski definition) is 5. The van der Waals surface area contributed by atoms with Crippen LogP contribution in [-0.4, -0.2) is 9.91 Å². The molecule has 116 valence electrons. The molecule has 3 aromatic rings. The van der Waals surface area contributed by atoms with Crippen LogP contribution < -0.4 is 5.32 Å². The van der Waals surface area contributed by atoms with E-state index in [0.29, 0.717) is 22.1 Å². The second-order valence-electron chi connectivity index (χ2n) is 4.57. The van der Waals surface area contributed by atoms with Gasteiger partial charge in [0.2, 0.25) is 0 Å². The number of nitrogens with one attached hydrogen (secondary N) is 1. The number of benzene rings is 2. The maximum Gasteiger partial charge on any atom is 0.278 e. The third-order valence-electron chi connectivity index (χ3n) is 3.05. The summed E-state index contributed by atoms with van der Waals surface area (Å²) in [5, 5.41) is 16.3. The van der Waals surface area contributed by atoms with Gasteiger partial charge in [-0.3, -0.25) is 10.1 Å². The molecule has 0 atom stereocenters. The third-order valence-corrected chi connectivity index (χ3v) is 4.10. The van der Waals surface area contributed by atoms with Crippen molar-refractivity contribution in [1.29, 1.82) is 0 Å².